The average Bonchev–Trinajstić information content (AvgIpc) is 3.17. The maximum atomic E-state index is 13.1. The molecule has 1 unspecified atom stereocenters. The van der Waals surface area contributed by atoms with Crippen molar-refractivity contribution in [1.82, 2.24) is 4.90 Å². The van der Waals surface area contributed by atoms with Gasteiger partial charge in [0.1, 0.15) is 18.2 Å². The van der Waals surface area contributed by atoms with Gasteiger partial charge in [0.05, 0.1) is 11.1 Å². The van der Waals surface area contributed by atoms with Gasteiger partial charge in [0.15, 0.2) is 5.76 Å². The molecule has 0 spiro atoms. The van der Waals surface area contributed by atoms with Crippen LogP contribution in [0.3, 0.4) is 0 Å². The van der Waals surface area contributed by atoms with Crippen LogP contribution in [0.4, 0.5) is 0 Å². The van der Waals surface area contributed by atoms with Crippen molar-refractivity contribution in [2.45, 2.75) is 26.4 Å². The lowest BCUT2D eigenvalue weighted by atomic mass is 9.98. The van der Waals surface area contributed by atoms with Crippen LogP contribution in [0.25, 0.3) is 6.08 Å². The summed E-state index contributed by atoms with van der Waals surface area (Å²) in [5.74, 6) is 1.70. The van der Waals surface area contributed by atoms with E-state index >= 15 is 0 Å². The number of carbonyl (C=O) groups excluding carboxylic acids is 1. The fourth-order valence-electron chi connectivity index (χ4n) is 4.26. The molecule has 0 fully saturated rings. The zero-order valence-corrected chi connectivity index (χ0v) is 18.2. The summed E-state index contributed by atoms with van der Waals surface area (Å²) in [4.78, 5) is 15.3. The van der Waals surface area contributed by atoms with Gasteiger partial charge in [-0.2, -0.15) is 0 Å². The minimum Gasteiger partial charge on any atom is -0.478 e. The second kappa shape index (κ2) is 8.48. The molecule has 0 saturated carbocycles. The third kappa shape index (κ3) is 3.74. The molecule has 0 bridgehead atoms. The Balaban J connectivity index is 1.43. The Morgan fingerprint density at radius 1 is 1.03 bits per heavy atom. The SMILES string of the molecule is Cc1cc2c(c3c1C(=O)/C(=C/C=C/c1ccccc1)O3)CN(C(C)c1ccccc1)CO2. The van der Waals surface area contributed by atoms with Crippen molar-refractivity contribution in [2.24, 2.45) is 0 Å². The monoisotopic (exact) mass is 423 g/mol. The van der Waals surface area contributed by atoms with E-state index in [4.69, 9.17) is 9.47 Å². The smallest absolute Gasteiger partial charge is 0.232 e. The van der Waals surface area contributed by atoms with Crippen molar-refractivity contribution in [3.05, 3.63) is 112 Å². The van der Waals surface area contributed by atoms with Gasteiger partial charge in [-0.25, -0.2) is 0 Å². The number of benzene rings is 3. The molecule has 2 aliphatic rings. The van der Waals surface area contributed by atoms with Crippen LogP contribution < -0.4 is 9.47 Å². The molecule has 0 N–H and O–H groups in total. The highest BCUT2D eigenvalue weighted by molar-refractivity contribution is 6.14. The standard InChI is InChI=1S/C28H25NO3/c1-19-16-25-23(17-29(18-31-25)20(2)22-13-7-4-8-14-22)28-26(19)27(30)24(32-28)15-9-12-21-10-5-3-6-11-21/h3-16,20H,17-18H2,1-2H3/b12-9+,24-15-. The van der Waals surface area contributed by atoms with Crippen molar-refractivity contribution < 1.29 is 14.3 Å². The first-order valence-corrected chi connectivity index (χ1v) is 10.9. The van der Waals surface area contributed by atoms with Crippen LogP contribution >= 0.6 is 0 Å². The summed E-state index contributed by atoms with van der Waals surface area (Å²) in [6.45, 7) is 5.27. The summed E-state index contributed by atoms with van der Waals surface area (Å²) in [5, 5.41) is 0. The quantitative estimate of drug-likeness (QED) is 0.477. The van der Waals surface area contributed by atoms with E-state index < -0.39 is 0 Å². The van der Waals surface area contributed by atoms with Crippen LogP contribution in [0.1, 0.15) is 45.6 Å². The number of aryl methyl sites for hydroxylation is 1. The van der Waals surface area contributed by atoms with Gasteiger partial charge >= 0.3 is 0 Å². The van der Waals surface area contributed by atoms with Crippen LogP contribution in [-0.4, -0.2) is 17.4 Å². The minimum atomic E-state index is -0.0776. The third-order valence-corrected chi connectivity index (χ3v) is 6.12. The van der Waals surface area contributed by atoms with E-state index in [2.05, 4.69) is 24.0 Å². The summed E-state index contributed by atoms with van der Waals surface area (Å²) in [6, 6.07) is 22.5. The van der Waals surface area contributed by atoms with E-state index in [-0.39, 0.29) is 11.8 Å². The Kier molecular flexibility index (Phi) is 5.38. The van der Waals surface area contributed by atoms with Gasteiger partial charge in [-0.1, -0.05) is 72.8 Å². The summed E-state index contributed by atoms with van der Waals surface area (Å²) < 4.78 is 12.2. The zero-order chi connectivity index (χ0) is 22.1. The molecule has 3 aromatic rings. The Labute approximate surface area is 188 Å². The number of ketones is 1. The van der Waals surface area contributed by atoms with Gasteiger partial charge in [0.2, 0.25) is 5.78 Å². The highest BCUT2D eigenvalue weighted by Crippen LogP contribution is 2.44. The number of hydrogen-bond acceptors (Lipinski definition) is 4. The number of hydrogen-bond donors (Lipinski definition) is 0. The van der Waals surface area contributed by atoms with Crippen molar-refractivity contribution in [2.75, 3.05) is 6.73 Å². The number of fused-ring (bicyclic) bond motifs is 3. The molecule has 0 aromatic heterocycles. The van der Waals surface area contributed by atoms with E-state index in [1.54, 1.807) is 6.08 Å². The number of Topliss-reactive ketones (excluding diaryl/α,β-unsaturated/α-hetero) is 1. The maximum absolute atomic E-state index is 13.1. The third-order valence-electron chi connectivity index (χ3n) is 6.12. The van der Waals surface area contributed by atoms with Gasteiger partial charge < -0.3 is 9.47 Å². The molecule has 0 saturated heterocycles. The number of allylic oxidation sites excluding steroid dienone is 3. The molecule has 3 aromatic carbocycles. The van der Waals surface area contributed by atoms with E-state index in [1.165, 1.54) is 5.56 Å². The molecule has 2 aliphatic heterocycles. The molecule has 5 rings (SSSR count). The van der Waals surface area contributed by atoms with Crippen molar-refractivity contribution in [3.63, 3.8) is 0 Å². The number of rotatable bonds is 4. The Bertz CT molecular complexity index is 1210. The second-order valence-corrected chi connectivity index (χ2v) is 8.21. The molecule has 4 heteroatoms. The minimum absolute atomic E-state index is 0.0776. The summed E-state index contributed by atoms with van der Waals surface area (Å²) in [7, 11) is 0. The van der Waals surface area contributed by atoms with Gasteiger partial charge in [0.25, 0.3) is 0 Å². The fourth-order valence-corrected chi connectivity index (χ4v) is 4.26. The maximum Gasteiger partial charge on any atom is 0.232 e. The molecule has 4 nitrogen and oxygen atoms in total. The lowest BCUT2D eigenvalue weighted by molar-refractivity contribution is 0.0605. The molecule has 2 heterocycles. The normalized spacial score (nSPS) is 17.7. The van der Waals surface area contributed by atoms with Gasteiger partial charge in [0, 0.05) is 12.6 Å². The van der Waals surface area contributed by atoms with Crippen molar-refractivity contribution in [1.29, 1.82) is 0 Å². The summed E-state index contributed by atoms with van der Waals surface area (Å²) >= 11 is 0. The lowest BCUT2D eigenvalue weighted by Crippen LogP contribution is -2.34. The number of carbonyl (C=O) groups is 1. The molecule has 0 aliphatic carbocycles. The summed E-state index contributed by atoms with van der Waals surface area (Å²) in [5.41, 5.74) is 4.75. The molecule has 0 radical (unpaired) electrons. The fraction of sp³-hybridized carbons (Fsp3) is 0.179. The largest absolute Gasteiger partial charge is 0.478 e. The van der Waals surface area contributed by atoms with E-state index in [1.807, 2.05) is 73.7 Å². The Morgan fingerprint density at radius 3 is 2.50 bits per heavy atom. The van der Waals surface area contributed by atoms with Crippen molar-refractivity contribution >= 4 is 11.9 Å². The zero-order valence-electron chi connectivity index (χ0n) is 18.2. The van der Waals surface area contributed by atoms with Crippen LogP contribution in [0.15, 0.2) is 84.6 Å². The van der Waals surface area contributed by atoms with Crippen LogP contribution in [0.2, 0.25) is 0 Å². The Hall–Kier alpha value is -3.63. The highest BCUT2D eigenvalue weighted by Gasteiger charge is 2.36. The van der Waals surface area contributed by atoms with E-state index in [9.17, 15) is 4.79 Å². The van der Waals surface area contributed by atoms with Crippen LogP contribution in [0.5, 0.6) is 11.5 Å². The summed E-state index contributed by atoms with van der Waals surface area (Å²) in [6.07, 6.45) is 5.56. The predicted molar refractivity (Wildman–Crippen MR) is 126 cm³/mol. The number of ether oxygens (including phenoxy) is 2. The highest BCUT2D eigenvalue weighted by atomic mass is 16.5. The molecular weight excluding hydrogens is 398 g/mol. The number of nitrogens with zero attached hydrogens (tertiary/aromatic N) is 1. The molecular formula is C28H25NO3. The van der Waals surface area contributed by atoms with E-state index in [0.717, 1.165) is 22.4 Å². The first-order valence-electron chi connectivity index (χ1n) is 10.9. The first kappa shape index (κ1) is 20.3. The van der Waals surface area contributed by atoms with E-state index in [0.29, 0.717) is 30.3 Å². The molecule has 32 heavy (non-hydrogen) atoms. The van der Waals surface area contributed by atoms with Crippen molar-refractivity contribution in [3.8, 4) is 11.5 Å². The Morgan fingerprint density at radius 2 is 1.75 bits per heavy atom. The second-order valence-electron chi connectivity index (χ2n) is 8.21. The van der Waals surface area contributed by atoms with Gasteiger partial charge in [-0.3, -0.25) is 9.69 Å². The predicted octanol–water partition coefficient (Wildman–Crippen LogP) is 6.08. The molecule has 0 amide bonds. The van der Waals surface area contributed by atoms with Gasteiger partial charge in [-0.05, 0) is 42.7 Å². The average molecular weight is 424 g/mol. The van der Waals surface area contributed by atoms with Crippen LogP contribution in [0, 0.1) is 6.92 Å². The topological polar surface area (TPSA) is 38.8 Å². The lowest BCUT2D eigenvalue weighted by Gasteiger charge is -2.34. The first-order chi connectivity index (χ1) is 15.6. The molecule has 1 atom stereocenters. The molecule has 160 valence electrons. The van der Waals surface area contributed by atoms with Gasteiger partial charge in [-0.15, -0.1) is 0 Å². The van der Waals surface area contributed by atoms with Crippen LogP contribution in [-0.2, 0) is 6.54 Å².